The first kappa shape index (κ1) is 19.7. The molecule has 1 fully saturated rings. The molecule has 5 nitrogen and oxygen atoms in total. The van der Waals surface area contributed by atoms with Gasteiger partial charge in [-0.05, 0) is 31.9 Å². The molecule has 0 saturated carbocycles. The predicted octanol–water partition coefficient (Wildman–Crippen LogP) is 2.46. The number of benzene rings is 1. The first-order valence-electron chi connectivity index (χ1n) is 9.70. The van der Waals surface area contributed by atoms with Gasteiger partial charge in [-0.15, -0.1) is 0 Å². The van der Waals surface area contributed by atoms with Crippen LogP contribution in [0.2, 0.25) is 0 Å². The van der Waals surface area contributed by atoms with Crippen molar-refractivity contribution in [3.05, 3.63) is 35.9 Å². The van der Waals surface area contributed by atoms with Crippen LogP contribution in [0.4, 0.5) is 0 Å². The Hall–Kier alpha value is -1.59. The van der Waals surface area contributed by atoms with Gasteiger partial charge in [0.1, 0.15) is 0 Å². The molecule has 1 aliphatic rings. The molecule has 2 N–H and O–H groups in total. The molecule has 1 aliphatic heterocycles. The summed E-state index contributed by atoms with van der Waals surface area (Å²) in [4.78, 5) is 7.28. The molecule has 5 heteroatoms. The van der Waals surface area contributed by atoms with E-state index in [-0.39, 0.29) is 0 Å². The smallest absolute Gasteiger partial charge is 0.191 e. The Kier molecular flexibility index (Phi) is 9.37. The van der Waals surface area contributed by atoms with Crippen LogP contribution >= 0.6 is 0 Å². The number of ether oxygens (including phenoxy) is 1. The first-order valence-corrected chi connectivity index (χ1v) is 9.70. The normalized spacial score (nSPS) is 17.3. The molecule has 1 unspecified atom stereocenters. The van der Waals surface area contributed by atoms with Gasteiger partial charge >= 0.3 is 0 Å². The van der Waals surface area contributed by atoms with E-state index in [1.165, 1.54) is 5.56 Å². The summed E-state index contributed by atoms with van der Waals surface area (Å²) in [5.41, 5.74) is 1.37. The van der Waals surface area contributed by atoms with Crippen LogP contribution in [-0.4, -0.2) is 63.3 Å². The standard InChI is InChI=1S/C20H34N4O/c1-3-18(19-9-6-5-7-10-19)17-23-20(21-4-2)22-11-8-12-24-13-15-25-16-14-24/h5-7,9-10,18H,3-4,8,11-17H2,1-2H3,(H2,21,22,23). The van der Waals surface area contributed by atoms with E-state index in [2.05, 4.69) is 59.7 Å². The molecule has 0 amide bonds. The van der Waals surface area contributed by atoms with E-state index in [1.807, 2.05) is 0 Å². The van der Waals surface area contributed by atoms with Gasteiger partial charge < -0.3 is 15.4 Å². The molecule has 1 atom stereocenters. The third-order valence-corrected chi connectivity index (χ3v) is 4.63. The first-order chi connectivity index (χ1) is 12.3. The summed E-state index contributed by atoms with van der Waals surface area (Å²) in [6.07, 6.45) is 2.23. The van der Waals surface area contributed by atoms with Gasteiger partial charge in [0.05, 0.1) is 13.2 Å². The minimum Gasteiger partial charge on any atom is -0.379 e. The van der Waals surface area contributed by atoms with Gasteiger partial charge in [0.25, 0.3) is 0 Å². The van der Waals surface area contributed by atoms with Crippen molar-refractivity contribution in [2.45, 2.75) is 32.6 Å². The minimum atomic E-state index is 0.477. The van der Waals surface area contributed by atoms with Gasteiger partial charge in [0, 0.05) is 38.6 Å². The number of hydrogen-bond acceptors (Lipinski definition) is 3. The minimum absolute atomic E-state index is 0.477. The lowest BCUT2D eigenvalue weighted by Gasteiger charge is -2.26. The maximum Gasteiger partial charge on any atom is 0.191 e. The number of morpholine rings is 1. The summed E-state index contributed by atoms with van der Waals surface area (Å²) in [7, 11) is 0. The van der Waals surface area contributed by atoms with Crippen molar-refractivity contribution in [2.75, 3.05) is 52.5 Å². The van der Waals surface area contributed by atoms with E-state index in [0.717, 1.165) is 71.3 Å². The number of aliphatic imine (C=N–C) groups is 1. The molecular weight excluding hydrogens is 312 g/mol. The zero-order valence-corrected chi connectivity index (χ0v) is 15.8. The molecule has 25 heavy (non-hydrogen) atoms. The molecule has 0 aromatic heterocycles. The van der Waals surface area contributed by atoms with Gasteiger partial charge in [-0.3, -0.25) is 9.89 Å². The fraction of sp³-hybridized carbons (Fsp3) is 0.650. The predicted molar refractivity (Wildman–Crippen MR) is 105 cm³/mol. The van der Waals surface area contributed by atoms with Crippen molar-refractivity contribution in [1.29, 1.82) is 0 Å². The molecule has 2 rings (SSSR count). The average molecular weight is 347 g/mol. The van der Waals surface area contributed by atoms with Crippen LogP contribution in [0, 0.1) is 0 Å². The Morgan fingerprint density at radius 2 is 1.92 bits per heavy atom. The van der Waals surface area contributed by atoms with E-state index in [0.29, 0.717) is 5.92 Å². The van der Waals surface area contributed by atoms with E-state index >= 15 is 0 Å². The monoisotopic (exact) mass is 346 g/mol. The van der Waals surface area contributed by atoms with Crippen LogP contribution in [0.25, 0.3) is 0 Å². The maximum absolute atomic E-state index is 5.39. The van der Waals surface area contributed by atoms with Crippen LogP contribution in [0.15, 0.2) is 35.3 Å². The number of nitrogens with zero attached hydrogens (tertiary/aromatic N) is 2. The van der Waals surface area contributed by atoms with Crippen molar-refractivity contribution in [1.82, 2.24) is 15.5 Å². The second-order valence-electron chi connectivity index (χ2n) is 6.47. The summed E-state index contributed by atoms with van der Waals surface area (Å²) < 4.78 is 5.39. The van der Waals surface area contributed by atoms with Gasteiger partial charge in [0.2, 0.25) is 0 Å². The molecule has 0 bridgehead atoms. The molecule has 0 radical (unpaired) electrons. The van der Waals surface area contributed by atoms with Gasteiger partial charge in [0.15, 0.2) is 5.96 Å². The van der Waals surface area contributed by atoms with Crippen molar-refractivity contribution < 1.29 is 4.74 Å². The van der Waals surface area contributed by atoms with Crippen molar-refractivity contribution in [3.8, 4) is 0 Å². The third kappa shape index (κ3) is 7.45. The largest absolute Gasteiger partial charge is 0.379 e. The quantitative estimate of drug-likeness (QED) is 0.410. The topological polar surface area (TPSA) is 48.9 Å². The second kappa shape index (κ2) is 11.9. The van der Waals surface area contributed by atoms with E-state index < -0.39 is 0 Å². The zero-order valence-electron chi connectivity index (χ0n) is 15.8. The summed E-state index contributed by atoms with van der Waals surface area (Å²) in [6, 6.07) is 10.7. The van der Waals surface area contributed by atoms with Gasteiger partial charge in [-0.1, -0.05) is 37.3 Å². The van der Waals surface area contributed by atoms with Crippen molar-refractivity contribution in [2.24, 2.45) is 4.99 Å². The lowest BCUT2D eigenvalue weighted by molar-refractivity contribution is 0.0376. The van der Waals surface area contributed by atoms with Crippen LogP contribution in [-0.2, 0) is 4.74 Å². The van der Waals surface area contributed by atoms with Crippen molar-refractivity contribution in [3.63, 3.8) is 0 Å². The number of hydrogen-bond donors (Lipinski definition) is 2. The highest BCUT2D eigenvalue weighted by molar-refractivity contribution is 5.79. The average Bonchev–Trinajstić information content (AvgIpc) is 2.67. The molecule has 1 saturated heterocycles. The summed E-state index contributed by atoms with van der Waals surface area (Å²) in [5, 5.41) is 6.83. The molecule has 140 valence electrons. The summed E-state index contributed by atoms with van der Waals surface area (Å²) in [5.74, 6) is 1.41. The number of nitrogens with one attached hydrogen (secondary N) is 2. The Bertz CT molecular complexity index is 486. The lowest BCUT2D eigenvalue weighted by atomic mass is 9.97. The van der Waals surface area contributed by atoms with E-state index in [1.54, 1.807) is 0 Å². The second-order valence-corrected chi connectivity index (χ2v) is 6.47. The Labute approximate surface area is 152 Å². The fourth-order valence-corrected chi connectivity index (χ4v) is 3.07. The fourth-order valence-electron chi connectivity index (χ4n) is 3.07. The SMILES string of the molecule is CCNC(=NCC(CC)c1ccccc1)NCCCN1CCOCC1. The number of rotatable bonds is 9. The summed E-state index contributed by atoms with van der Waals surface area (Å²) in [6.45, 7) is 12.0. The van der Waals surface area contributed by atoms with Crippen molar-refractivity contribution >= 4 is 5.96 Å². The zero-order chi connectivity index (χ0) is 17.7. The molecule has 0 aliphatic carbocycles. The van der Waals surface area contributed by atoms with Gasteiger partial charge in [-0.2, -0.15) is 0 Å². The van der Waals surface area contributed by atoms with Crippen LogP contribution in [0.5, 0.6) is 0 Å². The van der Waals surface area contributed by atoms with Crippen LogP contribution in [0.1, 0.15) is 38.2 Å². The summed E-state index contributed by atoms with van der Waals surface area (Å²) >= 11 is 0. The molecule has 1 aromatic carbocycles. The molecule has 1 aromatic rings. The molecular formula is C20H34N4O. The Balaban J connectivity index is 1.76. The highest BCUT2D eigenvalue weighted by atomic mass is 16.5. The van der Waals surface area contributed by atoms with Gasteiger partial charge in [-0.25, -0.2) is 0 Å². The van der Waals surface area contributed by atoms with Crippen LogP contribution in [0.3, 0.4) is 0 Å². The van der Waals surface area contributed by atoms with E-state index in [4.69, 9.17) is 9.73 Å². The Morgan fingerprint density at radius 1 is 1.16 bits per heavy atom. The molecule has 0 spiro atoms. The third-order valence-electron chi connectivity index (χ3n) is 4.63. The highest BCUT2D eigenvalue weighted by Crippen LogP contribution is 2.19. The number of guanidine groups is 1. The Morgan fingerprint density at radius 3 is 2.60 bits per heavy atom. The maximum atomic E-state index is 5.39. The van der Waals surface area contributed by atoms with Crippen LogP contribution < -0.4 is 10.6 Å². The molecule has 1 heterocycles. The van der Waals surface area contributed by atoms with E-state index in [9.17, 15) is 0 Å². The highest BCUT2D eigenvalue weighted by Gasteiger charge is 2.10. The lowest BCUT2D eigenvalue weighted by Crippen LogP contribution is -2.40.